The molecule has 1 heteroatoms. The third kappa shape index (κ3) is 1.45. The van der Waals surface area contributed by atoms with Crippen molar-refractivity contribution in [3.05, 3.63) is 0 Å². The van der Waals surface area contributed by atoms with Crippen LogP contribution in [0.3, 0.4) is 0 Å². The Labute approximate surface area is 87.5 Å². The van der Waals surface area contributed by atoms with Gasteiger partial charge in [0, 0.05) is 5.92 Å². The first kappa shape index (κ1) is 10.0. The molecule has 3 rings (SSSR count). The Kier molecular flexibility index (Phi) is 2.56. The van der Waals surface area contributed by atoms with Crippen LogP contribution in [-0.4, -0.2) is 0 Å². The van der Waals surface area contributed by atoms with E-state index in [4.69, 9.17) is 5.26 Å². The molecule has 0 saturated heterocycles. The second kappa shape index (κ2) is 3.57. The van der Waals surface area contributed by atoms with Crippen LogP contribution >= 0.6 is 0 Å². The molecule has 0 radical (unpaired) electrons. The van der Waals surface area contributed by atoms with E-state index in [-0.39, 0.29) is 0 Å². The Morgan fingerprint density at radius 2 is 1.93 bits per heavy atom. The Balaban J connectivity index is 2.17. The number of hydrogen-bond donors (Lipinski definition) is 0. The van der Waals surface area contributed by atoms with Gasteiger partial charge in [0.1, 0.15) is 0 Å². The van der Waals surface area contributed by atoms with E-state index in [9.17, 15) is 0 Å². The summed E-state index contributed by atoms with van der Waals surface area (Å²) in [5, 5.41) is 9.15. The molecule has 0 aromatic heterocycles. The van der Waals surface area contributed by atoms with Gasteiger partial charge in [-0.1, -0.05) is 20.8 Å². The molecule has 3 fully saturated rings. The van der Waals surface area contributed by atoms with Gasteiger partial charge < -0.3 is 0 Å². The highest BCUT2D eigenvalue weighted by atomic mass is 14.5. The topological polar surface area (TPSA) is 23.8 Å². The summed E-state index contributed by atoms with van der Waals surface area (Å²) < 4.78 is 0. The van der Waals surface area contributed by atoms with Crippen molar-refractivity contribution in [3.63, 3.8) is 0 Å². The maximum Gasteiger partial charge on any atom is 0.0658 e. The maximum atomic E-state index is 9.15. The second-order valence-electron chi connectivity index (χ2n) is 5.75. The Morgan fingerprint density at radius 3 is 2.43 bits per heavy atom. The number of nitriles is 1. The zero-order valence-electron chi connectivity index (χ0n) is 9.53. The molecule has 0 aromatic rings. The standard InChI is InChI=1S/C13H21N/c1-8(2)12-6-10-5-11(7-14)13(12)4-9(10)3/h8-13H,4-6H2,1-3H3/t9?,10-,11?,12?,13+/m0/s1. The molecule has 3 aliphatic rings. The van der Waals surface area contributed by atoms with Gasteiger partial charge in [0.2, 0.25) is 0 Å². The highest BCUT2D eigenvalue weighted by molar-refractivity contribution is 5.02. The zero-order chi connectivity index (χ0) is 10.3. The summed E-state index contributed by atoms with van der Waals surface area (Å²) in [6.45, 7) is 7.02. The minimum absolute atomic E-state index is 0.373. The number of nitrogens with zero attached hydrogens (tertiary/aromatic N) is 1. The molecule has 0 spiro atoms. The van der Waals surface area contributed by atoms with Gasteiger partial charge in [-0.2, -0.15) is 5.26 Å². The number of hydrogen-bond acceptors (Lipinski definition) is 1. The van der Waals surface area contributed by atoms with Crippen molar-refractivity contribution in [2.75, 3.05) is 0 Å². The lowest BCUT2D eigenvalue weighted by Gasteiger charge is -2.50. The molecule has 0 aliphatic heterocycles. The molecule has 0 N–H and O–H groups in total. The highest BCUT2D eigenvalue weighted by Crippen LogP contribution is 2.52. The second-order valence-corrected chi connectivity index (χ2v) is 5.75. The van der Waals surface area contributed by atoms with Gasteiger partial charge in [0.15, 0.2) is 0 Å². The smallest absolute Gasteiger partial charge is 0.0658 e. The van der Waals surface area contributed by atoms with Crippen molar-refractivity contribution in [1.29, 1.82) is 5.26 Å². The molecule has 14 heavy (non-hydrogen) atoms. The lowest BCUT2D eigenvalue weighted by molar-refractivity contribution is -0.00274. The monoisotopic (exact) mass is 191 g/mol. The number of rotatable bonds is 1. The molecule has 3 unspecified atom stereocenters. The Hall–Kier alpha value is -0.510. The van der Waals surface area contributed by atoms with E-state index in [1.54, 1.807) is 0 Å². The molecule has 78 valence electrons. The van der Waals surface area contributed by atoms with E-state index in [1.165, 1.54) is 19.3 Å². The van der Waals surface area contributed by atoms with Crippen LogP contribution < -0.4 is 0 Å². The molecule has 0 heterocycles. The summed E-state index contributed by atoms with van der Waals surface area (Å²) in [7, 11) is 0. The van der Waals surface area contributed by atoms with Crippen molar-refractivity contribution in [3.8, 4) is 6.07 Å². The third-order valence-electron chi connectivity index (χ3n) is 4.67. The first-order valence-corrected chi connectivity index (χ1v) is 6.03. The van der Waals surface area contributed by atoms with E-state index in [0.717, 1.165) is 23.7 Å². The lowest BCUT2D eigenvalue weighted by atomic mass is 9.54. The Bertz CT molecular complexity index is 250. The van der Waals surface area contributed by atoms with Crippen LogP contribution in [0.15, 0.2) is 0 Å². The van der Waals surface area contributed by atoms with Crippen molar-refractivity contribution >= 4 is 0 Å². The maximum absolute atomic E-state index is 9.15. The molecule has 0 aromatic carbocycles. The fourth-order valence-electron chi connectivity index (χ4n) is 3.76. The van der Waals surface area contributed by atoms with Crippen molar-refractivity contribution in [2.24, 2.45) is 35.5 Å². The minimum atomic E-state index is 0.373. The van der Waals surface area contributed by atoms with Crippen LogP contribution in [0.1, 0.15) is 40.0 Å². The van der Waals surface area contributed by atoms with Crippen LogP contribution in [0.4, 0.5) is 0 Å². The molecule has 3 aliphatic carbocycles. The van der Waals surface area contributed by atoms with Crippen molar-refractivity contribution < 1.29 is 0 Å². The SMILES string of the molecule is CC(C)C1C[C@@H]2CC(C#N)[C@H]1CC2C. The van der Waals surface area contributed by atoms with E-state index < -0.39 is 0 Å². The van der Waals surface area contributed by atoms with E-state index in [2.05, 4.69) is 26.8 Å². The lowest BCUT2D eigenvalue weighted by Crippen LogP contribution is -2.43. The van der Waals surface area contributed by atoms with Gasteiger partial charge in [-0.15, -0.1) is 0 Å². The molecule has 5 atom stereocenters. The molecule has 0 amide bonds. The zero-order valence-corrected chi connectivity index (χ0v) is 9.53. The van der Waals surface area contributed by atoms with Gasteiger partial charge in [-0.25, -0.2) is 0 Å². The van der Waals surface area contributed by atoms with Gasteiger partial charge in [-0.3, -0.25) is 0 Å². The fraction of sp³-hybridized carbons (Fsp3) is 0.923. The van der Waals surface area contributed by atoms with Crippen molar-refractivity contribution in [1.82, 2.24) is 0 Å². The van der Waals surface area contributed by atoms with Gasteiger partial charge >= 0.3 is 0 Å². The molecule has 3 saturated carbocycles. The molecular formula is C13H21N. The predicted molar refractivity (Wildman–Crippen MR) is 57.4 cm³/mol. The van der Waals surface area contributed by atoms with E-state index in [0.29, 0.717) is 11.8 Å². The van der Waals surface area contributed by atoms with Gasteiger partial charge in [-0.05, 0) is 48.9 Å². The molecule has 1 nitrogen and oxygen atoms in total. The van der Waals surface area contributed by atoms with E-state index in [1.807, 2.05) is 0 Å². The first-order chi connectivity index (χ1) is 6.63. The van der Waals surface area contributed by atoms with Gasteiger partial charge in [0.25, 0.3) is 0 Å². The number of fused-ring (bicyclic) bond motifs is 3. The molecule has 2 bridgehead atoms. The van der Waals surface area contributed by atoms with E-state index >= 15 is 0 Å². The summed E-state index contributed by atoms with van der Waals surface area (Å²) >= 11 is 0. The van der Waals surface area contributed by atoms with Gasteiger partial charge in [0.05, 0.1) is 6.07 Å². The van der Waals surface area contributed by atoms with Crippen LogP contribution in [-0.2, 0) is 0 Å². The normalized spacial score (nSPS) is 46.6. The fourth-order valence-corrected chi connectivity index (χ4v) is 3.76. The van der Waals surface area contributed by atoms with Crippen molar-refractivity contribution in [2.45, 2.75) is 40.0 Å². The van der Waals surface area contributed by atoms with Crippen LogP contribution in [0.2, 0.25) is 0 Å². The highest BCUT2D eigenvalue weighted by Gasteiger charge is 2.46. The summed E-state index contributed by atoms with van der Waals surface area (Å²) in [5.41, 5.74) is 0. The largest absolute Gasteiger partial charge is 0.198 e. The first-order valence-electron chi connectivity index (χ1n) is 6.03. The quantitative estimate of drug-likeness (QED) is 0.622. The Morgan fingerprint density at radius 1 is 1.21 bits per heavy atom. The summed E-state index contributed by atoms with van der Waals surface area (Å²) in [6, 6.07) is 2.54. The third-order valence-corrected chi connectivity index (χ3v) is 4.67. The average molecular weight is 191 g/mol. The average Bonchev–Trinajstić information content (AvgIpc) is 2.17. The minimum Gasteiger partial charge on any atom is -0.198 e. The predicted octanol–water partition coefficient (Wildman–Crippen LogP) is 3.46. The van der Waals surface area contributed by atoms with Crippen LogP contribution in [0.5, 0.6) is 0 Å². The summed E-state index contributed by atoms with van der Waals surface area (Å²) in [5.74, 6) is 4.40. The summed E-state index contributed by atoms with van der Waals surface area (Å²) in [6.07, 6.45) is 3.89. The molecular weight excluding hydrogens is 170 g/mol. The van der Waals surface area contributed by atoms with Crippen LogP contribution in [0.25, 0.3) is 0 Å². The summed E-state index contributed by atoms with van der Waals surface area (Å²) in [4.78, 5) is 0. The van der Waals surface area contributed by atoms with Crippen LogP contribution in [0, 0.1) is 46.8 Å².